The van der Waals surface area contributed by atoms with E-state index in [4.69, 9.17) is 5.41 Å². The van der Waals surface area contributed by atoms with Crippen molar-refractivity contribution in [2.45, 2.75) is 17.5 Å². The maximum Gasteiger partial charge on any atom is 0.454 e. The number of ketones is 1. The van der Waals surface area contributed by atoms with Crippen LogP contribution in [0.3, 0.4) is 0 Å². The number of aliphatic imine (C=N–C) groups is 1. The highest BCUT2D eigenvalue weighted by molar-refractivity contribution is 8.14. The van der Waals surface area contributed by atoms with Gasteiger partial charge in [-0.1, -0.05) is 23.9 Å². The van der Waals surface area contributed by atoms with E-state index in [0.717, 1.165) is 47.6 Å². The molecule has 0 saturated carbocycles. The van der Waals surface area contributed by atoms with Gasteiger partial charge in [0, 0.05) is 40.6 Å². The maximum atomic E-state index is 12.9. The fourth-order valence-electron chi connectivity index (χ4n) is 3.80. The van der Waals surface area contributed by atoms with E-state index in [0.29, 0.717) is 16.2 Å². The number of nitrogens with one attached hydrogen (secondary N) is 2. The number of alkyl halides is 3. The summed E-state index contributed by atoms with van der Waals surface area (Å²) in [7, 11) is 0. The molecule has 0 radical (unpaired) electrons. The molecule has 0 amide bonds. The molecule has 9 heteroatoms. The molecule has 2 aliphatic heterocycles. The first-order valence-electron chi connectivity index (χ1n) is 9.29. The topological polar surface area (TPSA) is 72.3 Å². The van der Waals surface area contributed by atoms with Crippen LogP contribution in [0.2, 0.25) is 0 Å². The second kappa shape index (κ2) is 6.73. The summed E-state index contributed by atoms with van der Waals surface area (Å²) < 4.78 is 38.8. The summed E-state index contributed by atoms with van der Waals surface area (Å²) in [5, 5.41) is 8.95. The Morgan fingerprint density at radius 3 is 2.73 bits per heavy atom. The summed E-state index contributed by atoms with van der Waals surface area (Å²) in [5.41, 5.74) is 2.53. The number of rotatable bonds is 2. The predicted octanol–water partition coefficient (Wildman–Crippen LogP) is 5.07. The number of halogens is 3. The zero-order valence-corrected chi connectivity index (χ0v) is 16.3. The molecule has 0 bridgehead atoms. The highest BCUT2D eigenvalue weighted by Crippen LogP contribution is 2.37. The summed E-state index contributed by atoms with van der Waals surface area (Å²) in [4.78, 5) is 21.9. The number of aromatic nitrogens is 1. The molecule has 2 aliphatic rings. The number of Topliss-reactive ketones (excluding diaryl/α,β-unsaturated/α-hetero) is 1. The molecule has 1 aromatic heterocycles. The zero-order valence-electron chi connectivity index (χ0n) is 15.5. The Balaban J connectivity index is 1.58. The lowest BCUT2D eigenvalue weighted by atomic mass is 9.99. The number of amidine groups is 2. The molecule has 152 valence electrons. The molecule has 0 atom stereocenters. The van der Waals surface area contributed by atoms with Crippen molar-refractivity contribution >= 4 is 39.5 Å². The van der Waals surface area contributed by atoms with Crippen LogP contribution in [0.25, 0.3) is 22.0 Å². The van der Waals surface area contributed by atoms with E-state index >= 15 is 0 Å². The van der Waals surface area contributed by atoms with Gasteiger partial charge in [-0.05, 0) is 41.8 Å². The number of nitrogens with zero attached hydrogens (tertiary/aromatic N) is 2. The van der Waals surface area contributed by atoms with Gasteiger partial charge in [0.05, 0.1) is 5.56 Å². The largest absolute Gasteiger partial charge is 0.454 e. The SMILES string of the molecule is N=C1Sc2cc(-c3ccc4[nH]cc(C(=O)C(F)(F)F)c4c3)ccc2C2=NCCCN12. The Bertz CT molecular complexity index is 1240. The minimum atomic E-state index is -4.93. The first kappa shape index (κ1) is 18.9. The summed E-state index contributed by atoms with van der Waals surface area (Å²) >= 11 is 1.34. The fraction of sp³-hybridized carbons (Fsp3) is 0.190. The van der Waals surface area contributed by atoms with Gasteiger partial charge in [-0.3, -0.25) is 15.2 Å². The Morgan fingerprint density at radius 2 is 1.93 bits per heavy atom. The first-order chi connectivity index (χ1) is 14.3. The molecule has 0 saturated heterocycles. The van der Waals surface area contributed by atoms with Gasteiger partial charge in [-0.25, -0.2) is 0 Å². The van der Waals surface area contributed by atoms with Crippen LogP contribution >= 0.6 is 11.8 Å². The summed E-state index contributed by atoms with van der Waals surface area (Å²) in [6, 6.07) is 10.8. The number of H-pyrrole nitrogens is 1. The molecule has 0 fully saturated rings. The maximum absolute atomic E-state index is 12.9. The molecule has 0 unspecified atom stereocenters. The Labute approximate surface area is 173 Å². The van der Waals surface area contributed by atoms with Gasteiger partial charge >= 0.3 is 6.18 Å². The summed E-state index contributed by atoms with van der Waals surface area (Å²) in [6.07, 6.45) is -2.92. The lowest BCUT2D eigenvalue weighted by Gasteiger charge is -2.34. The van der Waals surface area contributed by atoms with Crippen molar-refractivity contribution in [3.63, 3.8) is 0 Å². The van der Waals surface area contributed by atoms with Crippen molar-refractivity contribution < 1.29 is 18.0 Å². The minimum absolute atomic E-state index is 0.232. The van der Waals surface area contributed by atoms with Crippen LogP contribution in [0.1, 0.15) is 22.3 Å². The third-order valence-electron chi connectivity index (χ3n) is 5.25. The Hall–Kier alpha value is -3.07. The van der Waals surface area contributed by atoms with Gasteiger partial charge in [0.25, 0.3) is 5.78 Å². The molecule has 30 heavy (non-hydrogen) atoms. The number of benzene rings is 2. The average molecular weight is 428 g/mol. The van der Waals surface area contributed by atoms with E-state index < -0.39 is 12.0 Å². The number of hydrogen-bond donors (Lipinski definition) is 2. The van der Waals surface area contributed by atoms with E-state index in [1.54, 1.807) is 18.2 Å². The first-order valence-corrected chi connectivity index (χ1v) is 10.1. The van der Waals surface area contributed by atoms with Crippen molar-refractivity contribution in [1.82, 2.24) is 9.88 Å². The van der Waals surface area contributed by atoms with Crippen LogP contribution in [0, 0.1) is 5.41 Å². The number of aromatic amines is 1. The van der Waals surface area contributed by atoms with Crippen molar-refractivity contribution in [3.8, 4) is 11.1 Å². The monoisotopic (exact) mass is 428 g/mol. The zero-order chi connectivity index (χ0) is 21.0. The lowest BCUT2D eigenvalue weighted by molar-refractivity contribution is -0.0884. The average Bonchev–Trinajstić information content (AvgIpc) is 3.15. The molecule has 3 aromatic rings. The molecule has 5 nitrogen and oxygen atoms in total. The van der Waals surface area contributed by atoms with Crippen molar-refractivity contribution in [3.05, 3.63) is 53.7 Å². The fourth-order valence-corrected chi connectivity index (χ4v) is 4.76. The van der Waals surface area contributed by atoms with E-state index in [9.17, 15) is 18.0 Å². The molecular weight excluding hydrogens is 413 g/mol. The number of carbonyl (C=O) groups is 1. The number of carbonyl (C=O) groups excluding carboxylic acids is 1. The van der Waals surface area contributed by atoms with E-state index in [2.05, 4.69) is 9.98 Å². The minimum Gasteiger partial charge on any atom is -0.360 e. The number of fused-ring (bicyclic) bond motifs is 4. The molecule has 3 heterocycles. The van der Waals surface area contributed by atoms with Gasteiger partial charge in [-0.15, -0.1) is 0 Å². The van der Waals surface area contributed by atoms with Crippen LogP contribution in [0.4, 0.5) is 13.2 Å². The third kappa shape index (κ3) is 3.00. The predicted molar refractivity (Wildman–Crippen MR) is 110 cm³/mol. The van der Waals surface area contributed by atoms with E-state index in [-0.39, 0.29) is 10.9 Å². The van der Waals surface area contributed by atoms with Crippen LogP contribution in [-0.2, 0) is 0 Å². The highest BCUT2D eigenvalue weighted by atomic mass is 32.2. The lowest BCUT2D eigenvalue weighted by Crippen LogP contribution is -2.42. The van der Waals surface area contributed by atoms with E-state index in [1.807, 2.05) is 23.1 Å². The molecule has 2 aromatic carbocycles. The number of thioether (sulfide) groups is 1. The quantitative estimate of drug-likeness (QED) is 0.560. The van der Waals surface area contributed by atoms with Gasteiger partial charge in [0.1, 0.15) is 5.84 Å². The van der Waals surface area contributed by atoms with Gasteiger partial charge < -0.3 is 9.88 Å². The van der Waals surface area contributed by atoms with Gasteiger partial charge in [0.2, 0.25) is 0 Å². The van der Waals surface area contributed by atoms with Crippen LogP contribution < -0.4 is 0 Å². The van der Waals surface area contributed by atoms with Crippen molar-refractivity contribution in [1.29, 1.82) is 5.41 Å². The number of hydrogen-bond acceptors (Lipinski definition) is 4. The second-order valence-electron chi connectivity index (χ2n) is 7.12. The van der Waals surface area contributed by atoms with Gasteiger partial charge in [-0.2, -0.15) is 13.2 Å². The van der Waals surface area contributed by atoms with Crippen LogP contribution in [0.15, 0.2) is 52.5 Å². The normalized spacial score (nSPS) is 16.3. The Morgan fingerprint density at radius 1 is 1.17 bits per heavy atom. The molecule has 0 aliphatic carbocycles. The van der Waals surface area contributed by atoms with E-state index in [1.165, 1.54) is 11.8 Å². The standard InChI is InChI=1S/C21H15F3N4OS/c22-21(23,24)18(29)15-10-27-16-5-3-11(8-14(15)16)12-2-4-13-17(9-12)30-20(25)28-7-1-6-26-19(13)28/h2-5,8-10,25,27H,1,6-7H2. The molecule has 2 N–H and O–H groups in total. The highest BCUT2D eigenvalue weighted by Gasteiger charge is 2.40. The van der Waals surface area contributed by atoms with Gasteiger partial charge in [0.15, 0.2) is 5.17 Å². The molecular formula is C21H15F3N4OS. The molecule has 0 spiro atoms. The van der Waals surface area contributed by atoms with Crippen LogP contribution in [0.5, 0.6) is 0 Å². The van der Waals surface area contributed by atoms with Crippen molar-refractivity contribution in [2.75, 3.05) is 13.1 Å². The van der Waals surface area contributed by atoms with Crippen molar-refractivity contribution in [2.24, 2.45) is 4.99 Å². The smallest absolute Gasteiger partial charge is 0.360 e. The third-order valence-corrected chi connectivity index (χ3v) is 6.22. The Kier molecular flexibility index (Phi) is 4.25. The summed E-state index contributed by atoms with van der Waals surface area (Å²) in [5.74, 6) is -1.07. The van der Waals surface area contributed by atoms with Crippen LogP contribution in [-0.4, -0.2) is 45.9 Å². The molecule has 5 rings (SSSR count). The second-order valence-corrected chi connectivity index (χ2v) is 8.15. The summed E-state index contributed by atoms with van der Waals surface area (Å²) in [6.45, 7) is 1.50.